The first-order chi connectivity index (χ1) is 7.25. The zero-order valence-corrected chi connectivity index (χ0v) is 9.08. The largest absolute Gasteiger partial charge is 0.368 e. The lowest BCUT2D eigenvalue weighted by Crippen LogP contribution is -2.44. The first-order valence-corrected chi connectivity index (χ1v) is 5.93. The number of ether oxygens (including phenoxy) is 1. The van der Waals surface area contributed by atoms with E-state index in [0.717, 1.165) is 45.1 Å². The van der Waals surface area contributed by atoms with Gasteiger partial charge in [-0.3, -0.25) is 4.79 Å². The summed E-state index contributed by atoms with van der Waals surface area (Å²) in [4.78, 5) is 11.7. The lowest BCUT2D eigenvalue weighted by Gasteiger charge is -2.27. The summed E-state index contributed by atoms with van der Waals surface area (Å²) in [5, 5.41) is 3.06. The third kappa shape index (κ3) is 2.92. The van der Waals surface area contributed by atoms with Crippen molar-refractivity contribution in [1.29, 1.82) is 0 Å². The first-order valence-electron chi connectivity index (χ1n) is 5.93. The number of nitrogens with two attached hydrogens (primary N) is 1. The zero-order valence-electron chi connectivity index (χ0n) is 9.08. The molecule has 3 N–H and O–H groups in total. The second kappa shape index (κ2) is 4.94. The van der Waals surface area contributed by atoms with Gasteiger partial charge in [0.15, 0.2) is 0 Å². The Labute approximate surface area is 90.5 Å². The first kappa shape index (κ1) is 10.9. The predicted octanol–water partition coefficient (Wildman–Crippen LogP) is 0.551. The monoisotopic (exact) mass is 212 g/mol. The predicted molar refractivity (Wildman–Crippen MR) is 57.3 cm³/mol. The molecule has 2 fully saturated rings. The van der Waals surface area contributed by atoms with E-state index in [9.17, 15) is 4.79 Å². The normalized spacial score (nSPS) is 36.5. The molecule has 1 amide bonds. The Morgan fingerprint density at radius 3 is 2.53 bits per heavy atom. The van der Waals surface area contributed by atoms with Crippen molar-refractivity contribution >= 4 is 5.91 Å². The Morgan fingerprint density at radius 2 is 1.93 bits per heavy atom. The quantitative estimate of drug-likeness (QED) is 0.702. The number of carbonyl (C=O) groups is 1. The van der Waals surface area contributed by atoms with Crippen LogP contribution in [0.4, 0.5) is 0 Å². The molecule has 1 aliphatic heterocycles. The molecule has 0 unspecified atom stereocenters. The highest BCUT2D eigenvalue weighted by molar-refractivity contribution is 5.81. The molecule has 1 saturated heterocycles. The minimum atomic E-state index is -0.194. The average molecular weight is 212 g/mol. The lowest BCUT2D eigenvalue weighted by atomic mass is 9.91. The smallest absolute Gasteiger partial charge is 0.249 e. The third-order valence-corrected chi connectivity index (χ3v) is 3.34. The second-order valence-corrected chi connectivity index (χ2v) is 4.62. The van der Waals surface area contributed by atoms with E-state index >= 15 is 0 Å². The molecule has 0 bridgehead atoms. The van der Waals surface area contributed by atoms with Crippen LogP contribution in [0.2, 0.25) is 0 Å². The van der Waals surface area contributed by atoms with Crippen molar-refractivity contribution in [2.75, 3.05) is 6.61 Å². The Kier molecular flexibility index (Phi) is 3.59. The van der Waals surface area contributed by atoms with E-state index in [2.05, 4.69) is 5.32 Å². The average Bonchev–Trinajstić information content (AvgIpc) is 2.74. The molecule has 1 aliphatic carbocycles. The highest BCUT2D eigenvalue weighted by atomic mass is 16.5. The molecule has 0 aromatic rings. The topological polar surface area (TPSA) is 64.3 Å². The molecule has 15 heavy (non-hydrogen) atoms. The van der Waals surface area contributed by atoms with Crippen LogP contribution in [-0.4, -0.2) is 30.7 Å². The summed E-state index contributed by atoms with van der Waals surface area (Å²) in [6.45, 7) is 0.730. The molecule has 0 aromatic carbocycles. The van der Waals surface area contributed by atoms with Crippen LogP contribution in [0.1, 0.15) is 38.5 Å². The van der Waals surface area contributed by atoms with Gasteiger partial charge in [-0.1, -0.05) is 0 Å². The molecule has 2 rings (SSSR count). The Balaban J connectivity index is 1.74. The van der Waals surface area contributed by atoms with Gasteiger partial charge in [-0.15, -0.1) is 0 Å². The van der Waals surface area contributed by atoms with E-state index in [0.29, 0.717) is 12.1 Å². The van der Waals surface area contributed by atoms with Gasteiger partial charge >= 0.3 is 0 Å². The van der Waals surface area contributed by atoms with E-state index in [4.69, 9.17) is 10.5 Å². The number of rotatable bonds is 2. The van der Waals surface area contributed by atoms with Crippen LogP contribution in [0.15, 0.2) is 0 Å². The van der Waals surface area contributed by atoms with Gasteiger partial charge in [0, 0.05) is 18.7 Å². The molecule has 0 spiro atoms. The summed E-state index contributed by atoms with van der Waals surface area (Å²) in [5.74, 6) is 0.0768. The fourth-order valence-corrected chi connectivity index (χ4v) is 2.34. The summed E-state index contributed by atoms with van der Waals surface area (Å²) < 4.78 is 5.34. The summed E-state index contributed by atoms with van der Waals surface area (Å²) in [7, 11) is 0. The number of carbonyl (C=O) groups excluding carboxylic acids is 1. The maximum Gasteiger partial charge on any atom is 0.249 e. The molecule has 4 heteroatoms. The fourth-order valence-electron chi connectivity index (χ4n) is 2.34. The van der Waals surface area contributed by atoms with Gasteiger partial charge in [0.25, 0.3) is 0 Å². The van der Waals surface area contributed by atoms with Crippen molar-refractivity contribution in [3.63, 3.8) is 0 Å². The number of hydrogen-bond donors (Lipinski definition) is 2. The maximum absolute atomic E-state index is 11.7. The van der Waals surface area contributed by atoms with E-state index in [1.54, 1.807) is 0 Å². The minimum absolute atomic E-state index is 0.0768. The zero-order chi connectivity index (χ0) is 10.7. The Bertz CT molecular complexity index is 219. The second-order valence-electron chi connectivity index (χ2n) is 4.62. The SMILES string of the molecule is NC1CCC(NC(=O)[C@@H]2CCCO2)CC1. The van der Waals surface area contributed by atoms with Crippen LogP contribution < -0.4 is 11.1 Å². The summed E-state index contributed by atoms with van der Waals surface area (Å²) in [6.07, 6.45) is 5.76. The van der Waals surface area contributed by atoms with Crippen molar-refractivity contribution in [3.8, 4) is 0 Å². The minimum Gasteiger partial charge on any atom is -0.368 e. The third-order valence-electron chi connectivity index (χ3n) is 3.34. The van der Waals surface area contributed by atoms with Crippen LogP contribution in [0.3, 0.4) is 0 Å². The highest BCUT2D eigenvalue weighted by Gasteiger charge is 2.27. The van der Waals surface area contributed by atoms with Gasteiger partial charge in [0.1, 0.15) is 6.10 Å². The van der Waals surface area contributed by atoms with E-state index in [1.807, 2.05) is 0 Å². The molecule has 1 atom stereocenters. The number of hydrogen-bond acceptors (Lipinski definition) is 3. The van der Waals surface area contributed by atoms with Crippen molar-refractivity contribution in [2.24, 2.45) is 5.73 Å². The molecule has 86 valence electrons. The van der Waals surface area contributed by atoms with E-state index in [-0.39, 0.29) is 12.0 Å². The van der Waals surface area contributed by atoms with Crippen molar-refractivity contribution in [1.82, 2.24) is 5.32 Å². The molecule has 0 aromatic heterocycles. The van der Waals surface area contributed by atoms with E-state index in [1.165, 1.54) is 0 Å². The van der Waals surface area contributed by atoms with Gasteiger partial charge in [-0.25, -0.2) is 0 Å². The van der Waals surface area contributed by atoms with Crippen molar-refractivity contribution in [3.05, 3.63) is 0 Å². The molecule has 1 heterocycles. The van der Waals surface area contributed by atoms with Gasteiger partial charge < -0.3 is 15.8 Å². The molecular formula is C11H20N2O2. The molecule has 2 aliphatic rings. The van der Waals surface area contributed by atoms with Crippen LogP contribution in [0.25, 0.3) is 0 Å². The highest BCUT2D eigenvalue weighted by Crippen LogP contribution is 2.18. The van der Waals surface area contributed by atoms with Gasteiger partial charge in [0.2, 0.25) is 5.91 Å². The Hall–Kier alpha value is -0.610. The summed E-state index contributed by atoms with van der Waals surface area (Å²) in [5.41, 5.74) is 5.81. The maximum atomic E-state index is 11.7. The fraction of sp³-hybridized carbons (Fsp3) is 0.909. The van der Waals surface area contributed by atoms with Gasteiger partial charge in [-0.2, -0.15) is 0 Å². The van der Waals surface area contributed by atoms with Gasteiger partial charge in [0.05, 0.1) is 0 Å². The van der Waals surface area contributed by atoms with Crippen molar-refractivity contribution in [2.45, 2.75) is 56.7 Å². The Morgan fingerprint density at radius 1 is 1.20 bits per heavy atom. The van der Waals surface area contributed by atoms with Crippen molar-refractivity contribution < 1.29 is 9.53 Å². The summed E-state index contributed by atoms with van der Waals surface area (Å²) in [6, 6.07) is 0.655. The van der Waals surface area contributed by atoms with E-state index < -0.39 is 0 Å². The molecular weight excluding hydrogens is 192 g/mol. The number of amides is 1. The molecule has 1 saturated carbocycles. The lowest BCUT2D eigenvalue weighted by molar-refractivity contribution is -0.131. The standard InChI is InChI=1S/C11H20N2O2/c12-8-3-5-9(6-4-8)13-11(14)10-2-1-7-15-10/h8-10H,1-7,12H2,(H,13,14)/t8?,9?,10-/m0/s1. The summed E-state index contributed by atoms with van der Waals surface area (Å²) >= 11 is 0. The van der Waals surface area contributed by atoms with Crippen LogP contribution >= 0.6 is 0 Å². The van der Waals surface area contributed by atoms with Crippen LogP contribution in [0.5, 0.6) is 0 Å². The van der Waals surface area contributed by atoms with Gasteiger partial charge in [-0.05, 0) is 38.5 Å². The van der Waals surface area contributed by atoms with Crippen LogP contribution in [0, 0.1) is 0 Å². The molecule has 0 radical (unpaired) electrons. The molecule has 4 nitrogen and oxygen atoms in total. The number of nitrogens with one attached hydrogen (secondary N) is 1. The van der Waals surface area contributed by atoms with Crippen LogP contribution in [-0.2, 0) is 9.53 Å².